The second-order valence-corrected chi connectivity index (χ2v) is 10.7. The predicted molar refractivity (Wildman–Crippen MR) is 108 cm³/mol. The summed E-state index contributed by atoms with van der Waals surface area (Å²) in [4.78, 5) is 0. The molecule has 0 radical (unpaired) electrons. The second kappa shape index (κ2) is 7.72. The van der Waals surface area contributed by atoms with E-state index in [2.05, 4.69) is 63.0 Å². The molecule has 138 valence electrons. The highest BCUT2D eigenvalue weighted by molar-refractivity contribution is 9.25. The van der Waals surface area contributed by atoms with Crippen molar-refractivity contribution in [2.24, 2.45) is 5.92 Å². The van der Waals surface area contributed by atoms with E-state index in [9.17, 15) is 0 Å². The molecule has 1 saturated carbocycles. The van der Waals surface area contributed by atoms with Gasteiger partial charge in [0.1, 0.15) is 9.34 Å². The molecule has 1 aliphatic carbocycles. The molecule has 0 spiro atoms. The molecule has 26 heavy (non-hydrogen) atoms. The van der Waals surface area contributed by atoms with Gasteiger partial charge in [-0.1, -0.05) is 92.5 Å². The fourth-order valence-corrected chi connectivity index (χ4v) is 5.15. The number of fused-ring (bicyclic) bond motifs is 1. The van der Waals surface area contributed by atoms with E-state index in [1.807, 2.05) is 36.4 Å². The van der Waals surface area contributed by atoms with Crippen LogP contribution in [0.5, 0.6) is 0 Å². The summed E-state index contributed by atoms with van der Waals surface area (Å²) >= 11 is 7.51. The molecular formula is C21H22Br2O3. The van der Waals surface area contributed by atoms with Crippen molar-refractivity contribution in [1.82, 2.24) is 0 Å². The average molecular weight is 482 g/mol. The van der Waals surface area contributed by atoms with E-state index in [0.717, 1.165) is 5.56 Å². The molecule has 0 amide bonds. The van der Waals surface area contributed by atoms with Gasteiger partial charge in [-0.2, -0.15) is 0 Å². The minimum Gasteiger partial charge on any atom is -0.370 e. The van der Waals surface area contributed by atoms with Crippen molar-refractivity contribution in [2.45, 2.75) is 47.8 Å². The van der Waals surface area contributed by atoms with E-state index in [4.69, 9.17) is 14.2 Å². The van der Waals surface area contributed by atoms with Gasteiger partial charge in [-0.15, -0.1) is 0 Å². The van der Waals surface area contributed by atoms with Crippen LogP contribution in [0.25, 0.3) is 0 Å². The minimum absolute atomic E-state index is 0.0299. The molecule has 0 bridgehead atoms. The summed E-state index contributed by atoms with van der Waals surface area (Å²) in [5.74, 6) is 0.225. The number of benzene rings is 2. The van der Waals surface area contributed by atoms with Crippen LogP contribution in [0, 0.1) is 5.92 Å². The normalized spacial score (nSPS) is 32.0. The first kappa shape index (κ1) is 18.6. The Labute approximate surface area is 171 Å². The van der Waals surface area contributed by atoms with Gasteiger partial charge in [0.05, 0.1) is 31.5 Å². The van der Waals surface area contributed by atoms with Crippen LogP contribution in [0.1, 0.15) is 18.1 Å². The van der Waals surface area contributed by atoms with Crippen molar-refractivity contribution in [3.63, 3.8) is 0 Å². The number of alkyl halides is 2. The Bertz CT molecular complexity index is 723. The summed E-state index contributed by atoms with van der Waals surface area (Å²) in [5, 5.41) is 0. The molecule has 2 aromatic rings. The zero-order chi connectivity index (χ0) is 18.1. The molecule has 5 atom stereocenters. The lowest BCUT2D eigenvalue weighted by Crippen LogP contribution is -2.47. The van der Waals surface area contributed by atoms with Crippen LogP contribution in [-0.2, 0) is 27.4 Å². The zero-order valence-corrected chi connectivity index (χ0v) is 17.7. The Morgan fingerprint density at radius 3 is 1.88 bits per heavy atom. The summed E-state index contributed by atoms with van der Waals surface area (Å²) in [6.45, 7) is 3.20. The fourth-order valence-electron chi connectivity index (χ4n) is 3.63. The van der Waals surface area contributed by atoms with Crippen molar-refractivity contribution >= 4 is 31.9 Å². The molecule has 3 nitrogen and oxygen atoms in total. The second-order valence-electron chi connectivity index (χ2n) is 6.98. The first-order chi connectivity index (χ1) is 12.6. The Balaban J connectivity index is 1.47. The zero-order valence-electron chi connectivity index (χ0n) is 14.6. The van der Waals surface area contributed by atoms with E-state index in [1.54, 1.807) is 0 Å². The van der Waals surface area contributed by atoms with Gasteiger partial charge in [0, 0.05) is 5.92 Å². The maximum atomic E-state index is 6.37. The third-order valence-electron chi connectivity index (χ3n) is 5.11. The molecule has 1 saturated heterocycles. The van der Waals surface area contributed by atoms with Crippen molar-refractivity contribution in [3.8, 4) is 0 Å². The van der Waals surface area contributed by atoms with Gasteiger partial charge in [-0.25, -0.2) is 0 Å². The summed E-state index contributed by atoms with van der Waals surface area (Å²) in [6.07, 6.45) is -0.0730. The van der Waals surface area contributed by atoms with Gasteiger partial charge in [-0.3, -0.25) is 0 Å². The standard InChI is InChI=1S/C21H22Br2O3/c1-14-18(24-12-15-8-4-2-5-9-15)19(17-20(26-14)21(17,22)23)25-13-16-10-6-3-7-11-16/h2-11,14,17-20H,12-13H2,1H3/t14-,17-,18-,19-,20+/m0/s1. The molecule has 2 fully saturated rings. The number of ether oxygens (including phenoxy) is 3. The fraction of sp³-hybridized carbons (Fsp3) is 0.429. The Hall–Kier alpha value is -0.720. The summed E-state index contributed by atoms with van der Waals surface area (Å²) < 4.78 is 18.6. The lowest BCUT2D eigenvalue weighted by Gasteiger charge is -2.35. The summed E-state index contributed by atoms with van der Waals surface area (Å²) in [5.41, 5.74) is 2.32. The lowest BCUT2D eigenvalue weighted by molar-refractivity contribution is -0.182. The van der Waals surface area contributed by atoms with Crippen LogP contribution in [0.4, 0.5) is 0 Å². The van der Waals surface area contributed by atoms with E-state index >= 15 is 0 Å². The monoisotopic (exact) mass is 480 g/mol. The lowest BCUT2D eigenvalue weighted by atomic mass is 10.0. The van der Waals surface area contributed by atoms with Gasteiger partial charge < -0.3 is 14.2 Å². The topological polar surface area (TPSA) is 27.7 Å². The summed E-state index contributed by atoms with van der Waals surface area (Å²) in [7, 11) is 0. The van der Waals surface area contributed by atoms with Crippen molar-refractivity contribution in [2.75, 3.05) is 0 Å². The Morgan fingerprint density at radius 1 is 0.846 bits per heavy atom. The molecule has 2 aliphatic rings. The van der Waals surface area contributed by atoms with E-state index < -0.39 is 0 Å². The molecule has 4 rings (SSSR count). The van der Waals surface area contributed by atoms with E-state index in [-0.39, 0.29) is 33.6 Å². The molecule has 0 N–H and O–H groups in total. The molecule has 0 aromatic heterocycles. The quantitative estimate of drug-likeness (QED) is 0.539. The third-order valence-corrected chi connectivity index (χ3v) is 7.07. The highest BCUT2D eigenvalue weighted by Crippen LogP contribution is 2.63. The predicted octanol–water partition coefficient (Wildman–Crippen LogP) is 5.06. The molecule has 0 unspecified atom stereocenters. The van der Waals surface area contributed by atoms with E-state index in [1.165, 1.54) is 5.56 Å². The number of rotatable bonds is 6. The van der Waals surface area contributed by atoms with Gasteiger partial charge in [0.2, 0.25) is 0 Å². The first-order valence-corrected chi connectivity index (χ1v) is 10.5. The third kappa shape index (κ3) is 3.78. The van der Waals surface area contributed by atoms with Crippen LogP contribution in [0.2, 0.25) is 0 Å². The van der Waals surface area contributed by atoms with Crippen LogP contribution in [0.3, 0.4) is 0 Å². The Morgan fingerprint density at radius 2 is 1.35 bits per heavy atom. The van der Waals surface area contributed by atoms with Crippen LogP contribution < -0.4 is 0 Å². The molecule has 1 aliphatic heterocycles. The van der Waals surface area contributed by atoms with Crippen LogP contribution in [-0.4, -0.2) is 27.6 Å². The SMILES string of the molecule is C[C@@H]1O[C@@H]2[C@H]([C@H](OCc3ccccc3)[C@H]1OCc1ccccc1)C2(Br)Br. The maximum Gasteiger partial charge on any atom is 0.115 e. The molecule has 1 heterocycles. The number of hydrogen-bond donors (Lipinski definition) is 0. The first-order valence-electron chi connectivity index (χ1n) is 8.91. The largest absolute Gasteiger partial charge is 0.370 e. The molecule has 5 heteroatoms. The molecule has 2 aromatic carbocycles. The highest BCUT2D eigenvalue weighted by Gasteiger charge is 2.71. The Kier molecular flexibility index (Phi) is 5.53. The van der Waals surface area contributed by atoms with Gasteiger partial charge in [0.15, 0.2) is 0 Å². The minimum atomic E-state index is -0.222. The number of hydrogen-bond acceptors (Lipinski definition) is 3. The van der Waals surface area contributed by atoms with E-state index in [0.29, 0.717) is 13.2 Å². The molecular weight excluding hydrogens is 460 g/mol. The van der Waals surface area contributed by atoms with Crippen LogP contribution >= 0.6 is 31.9 Å². The van der Waals surface area contributed by atoms with Gasteiger partial charge in [-0.05, 0) is 18.1 Å². The average Bonchev–Trinajstić information content (AvgIpc) is 3.20. The van der Waals surface area contributed by atoms with Crippen LogP contribution in [0.15, 0.2) is 60.7 Å². The number of halogens is 2. The smallest absolute Gasteiger partial charge is 0.115 e. The van der Waals surface area contributed by atoms with Crippen molar-refractivity contribution < 1.29 is 14.2 Å². The van der Waals surface area contributed by atoms with Gasteiger partial charge in [0.25, 0.3) is 0 Å². The van der Waals surface area contributed by atoms with Crippen molar-refractivity contribution in [1.29, 1.82) is 0 Å². The van der Waals surface area contributed by atoms with Crippen molar-refractivity contribution in [3.05, 3.63) is 71.8 Å². The maximum absolute atomic E-state index is 6.37. The van der Waals surface area contributed by atoms with Gasteiger partial charge >= 0.3 is 0 Å². The highest BCUT2D eigenvalue weighted by atomic mass is 79.9. The summed E-state index contributed by atoms with van der Waals surface area (Å²) in [6, 6.07) is 20.5.